The van der Waals surface area contributed by atoms with Crippen molar-refractivity contribution in [2.24, 2.45) is 17.6 Å². The summed E-state index contributed by atoms with van der Waals surface area (Å²) in [6.07, 6.45) is 6.98. The van der Waals surface area contributed by atoms with Gasteiger partial charge >= 0.3 is 0 Å². The summed E-state index contributed by atoms with van der Waals surface area (Å²) in [6.45, 7) is 1.43. The number of ether oxygens (including phenoxy) is 1. The molecule has 0 bridgehead atoms. The van der Waals surface area contributed by atoms with Crippen LogP contribution < -0.4 is 10.5 Å². The zero-order chi connectivity index (χ0) is 20.2. The van der Waals surface area contributed by atoms with E-state index in [1.165, 1.54) is 6.33 Å². The summed E-state index contributed by atoms with van der Waals surface area (Å²) in [5.41, 5.74) is 9.27. The number of nitrogens with two attached hydrogens (primary N) is 1. The number of imidazole rings is 1. The minimum Gasteiger partial charge on any atom is -0.491 e. The lowest BCUT2D eigenvalue weighted by Crippen LogP contribution is -2.26. The maximum atomic E-state index is 11.9. The van der Waals surface area contributed by atoms with Gasteiger partial charge in [0, 0.05) is 18.7 Å². The van der Waals surface area contributed by atoms with Crippen molar-refractivity contribution in [2.75, 3.05) is 6.61 Å². The molecule has 2 aliphatic rings. The van der Waals surface area contributed by atoms with Crippen LogP contribution in [0.1, 0.15) is 24.8 Å². The van der Waals surface area contributed by atoms with E-state index in [0.717, 1.165) is 59.7 Å². The first-order valence-corrected chi connectivity index (χ1v) is 10.3. The van der Waals surface area contributed by atoms with E-state index < -0.39 is 0 Å². The fraction of sp³-hybridized carbons (Fsp3) is 0.381. The highest BCUT2D eigenvalue weighted by atomic mass is 16.5. The van der Waals surface area contributed by atoms with E-state index in [0.29, 0.717) is 24.7 Å². The molecule has 6 rings (SSSR count). The first kappa shape index (κ1) is 17.4. The number of hydrogen-bond acceptors (Lipinski definition) is 6. The predicted molar refractivity (Wildman–Crippen MR) is 109 cm³/mol. The molecule has 4 heterocycles. The topological polar surface area (TPSA) is 113 Å². The Labute approximate surface area is 171 Å². The quantitative estimate of drug-likeness (QED) is 0.545. The van der Waals surface area contributed by atoms with Gasteiger partial charge in [-0.2, -0.15) is 10.1 Å². The van der Waals surface area contributed by atoms with Crippen LogP contribution in [0.3, 0.4) is 0 Å². The van der Waals surface area contributed by atoms with E-state index in [1.807, 2.05) is 18.3 Å². The number of amides is 1. The Kier molecular flexibility index (Phi) is 3.77. The average Bonchev–Trinajstić information content (AvgIpc) is 3.40. The summed E-state index contributed by atoms with van der Waals surface area (Å²) in [5.74, 6) is 2.19. The molecule has 0 unspecified atom stereocenters. The number of benzene rings is 1. The Bertz CT molecular complexity index is 1290. The number of aryl methyl sites for hydroxylation is 1. The SMILES string of the molecule is NC(=O)[C@@H](Cc1cc2c3c(c1)nc(-c1ccn4ncnc4n1)n3CCCO2)C1CC1. The Balaban J connectivity index is 1.48. The van der Waals surface area contributed by atoms with Crippen LogP contribution in [0.25, 0.3) is 28.3 Å². The lowest BCUT2D eigenvalue weighted by atomic mass is 9.94. The van der Waals surface area contributed by atoms with Gasteiger partial charge in [0.1, 0.15) is 23.3 Å². The molecule has 1 fully saturated rings. The number of nitrogens with zero attached hydrogens (tertiary/aromatic N) is 6. The monoisotopic (exact) mass is 403 g/mol. The standard InChI is InChI=1S/C21H21N7O2/c22-19(29)14(13-2-3-13)8-12-9-16-18-17(10-12)30-7-1-5-27(18)20(25-16)15-4-6-28-21(26-15)23-11-24-28/h4,6,9-11,13-14H,1-3,5,7-8H2,(H2,22,29)/t14-/m0/s1. The Morgan fingerprint density at radius 3 is 3.03 bits per heavy atom. The number of carbonyl (C=O) groups excluding carboxylic acids is 1. The third-order valence-electron chi connectivity index (χ3n) is 6.04. The number of fused-ring (bicyclic) bond motifs is 1. The molecule has 1 aliphatic heterocycles. The highest BCUT2D eigenvalue weighted by molar-refractivity contribution is 5.87. The summed E-state index contributed by atoms with van der Waals surface area (Å²) in [7, 11) is 0. The number of primary amides is 1. The molecule has 1 aliphatic carbocycles. The molecule has 0 spiro atoms. The van der Waals surface area contributed by atoms with E-state index in [4.69, 9.17) is 15.5 Å². The molecule has 1 aromatic carbocycles. The van der Waals surface area contributed by atoms with Crippen molar-refractivity contribution in [1.29, 1.82) is 0 Å². The molecule has 4 aromatic rings. The van der Waals surface area contributed by atoms with Crippen LogP contribution >= 0.6 is 0 Å². The van der Waals surface area contributed by atoms with Gasteiger partial charge in [-0.3, -0.25) is 4.79 Å². The Morgan fingerprint density at radius 1 is 1.30 bits per heavy atom. The maximum Gasteiger partial charge on any atom is 0.252 e. The number of rotatable bonds is 5. The van der Waals surface area contributed by atoms with Crippen LogP contribution in [0.4, 0.5) is 0 Å². The van der Waals surface area contributed by atoms with E-state index in [1.54, 1.807) is 4.52 Å². The number of carbonyl (C=O) groups is 1. The molecule has 152 valence electrons. The van der Waals surface area contributed by atoms with Crippen molar-refractivity contribution in [3.8, 4) is 17.3 Å². The van der Waals surface area contributed by atoms with Gasteiger partial charge in [-0.1, -0.05) is 0 Å². The molecule has 9 nitrogen and oxygen atoms in total. The number of aromatic nitrogens is 6. The van der Waals surface area contributed by atoms with Gasteiger partial charge in [-0.15, -0.1) is 0 Å². The van der Waals surface area contributed by atoms with Crippen LogP contribution in [0.5, 0.6) is 5.75 Å². The summed E-state index contributed by atoms with van der Waals surface area (Å²) in [6, 6.07) is 6.00. The second-order valence-electron chi connectivity index (χ2n) is 8.12. The van der Waals surface area contributed by atoms with Gasteiger partial charge in [-0.05, 0) is 55.4 Å². The lowest BCUT2D eigenvalue weighted by molar-refractivity contribution is -0.122. The normalized spacial score (nSPS) is 17.1. The first-order chi connectivity index (χ1) is 14.7. The lowest BCUT2D eigenvalue weighted by Gasteiger charge is -2.13. The molecule has 3 aromatic heterocycles. The van der Waals surface area contributed by atoms with Gasteiger partial charge in [0.05, 0.1) is 12.1 Å². The van der Waals surface area contributed by atoms with E-state index >= 15 is 0 Å². The second kappa shape index (κ2) is 6.51. The van der Waals surface area contributed by atoms with Crippen molar-refractivity contribution in [3.63, 3.8) is 0 Å². The van der Waals surface area contributed by atoms with Crippen molar-refractivity contribution >= 4 is 22.7 Å². The van der Waals surface area contributed by atoms with E-state index in [2.05, 4.69) is 25.7 Å². The predicted octanol–water partition coefficient (Wildman–Crippen LogP) is 1.98. The van der Waals surface area contributed by atoms with Crippen molar-refractivity contribution in [3.05, 3.63) is 36.3 Å². The van der Waals surface area contributed by atoms with Crippen LogP contribution in [-0.2, 0) is 17.8 Å². The molecular weight excluding hydrogens is 382 g/mol. The smallest absolute Gasteiger partial charge is 0.252 e. The summed E-state index contributed by atoms with van der Waals surface area (Å²) in [5, 5.41) is 4.11. The van der Waals surface area contributed by atoms with Gasteiger partial charge in [0.25, 0.3) is 5.78 Å². The number of hydrogen-bond donors (Lipinski definition) is 1. The molecule has 0 saturated heterocycles. The van der Waals surface area contributed by atoms with Crippen molar-refractivity contribution in [2.45, 2.75) is 32.2 Å². The summed E-state index contributed by atoms with van der Waals surface area (Å²) >= 11 is 0. The van der Waals surface area contributed by atoms with Crippen LogP contribution in [0.15, 0.2) is 30.7 Å². The molecule has 1 atom stereocenters. The maximum absolute atomic E-state index is 11.9. The summed E-state index contributed by atoms with van der Waals surface area (Å²) in [4.78, 5) is 25.7. The van der Waals surface area contributed by atoms with Crippen LogP contribution in [0, 0.1) is 11.8 Å². The third-order valence-corrected chi connectivity index (χ3v) is 6.04. The average molecular weight is 403 g/mol. The molecule has 30 heavy (non-hydrogen) atoms. The molecule has 1 saturated carbocycles. The van der Waals surface area contributed by atoms with Gasteiger partial charge in [0.2, 0.25) is 5.91 Å². The minimum absolute atomic E-state index is 0.126. The Morgan fingerprint density at radius 2 is 2.20 bits per heavy atom. The third kappa shape index (κ3) is 2.80. The Hall–Kier alpha value is -3.49. The molecule has 0 radical (unpaired) electrons. The molecule has 2 N–H and O–H groups in total. The van der Waals surface area contributed by atoms with Gasteiger partial charge < -0.3 is 15.0 Å². The largest absolute Gasteiger partial charge is 0.491 e. The second-order valence-corrected chi connectivity index (χ2v) is 8.12. The van der Waals surface area contributed by atoms with Crippen LogP contribution in [0.2, 0.25) is 0 Å². The highest BCUT2D eigenvalue weighted by Crippen LogP contribution is 2.40. The minimum atomic E-state index is -0.221. The molecule has 1 amide bonds. The first-order valence-electron chi connectivity index (χ1n) is 10.3. The van der Waals surface area contributed by atoms with Gasteiger partial charge in [-0.25, -0.2) is 14.5 Å². The van der Waals surface area contributed by atoms with E-state index in [-0.39, 0.29) is 11.8 Å². The fourth-order valence-electron chi connectivity index (χ4n) is 4.42. The van der Waals surface area contributed by atoms with Crippen molar-refractivity contribution < 1.29 is 9.53 Å². The van der Waals surface area contributed by atoms with Crippen molar-refractivity contribution in [1.82, 2.24) is 29.1 Å². The molecular formula is C21H21N7O2. The van der Waals surface area contributed by atoms with Crippen LogP contribution in [-0.4, -0.2) is 41.6 Å². The fourth-order valence-corrected chi connectivity index (χ4v) is 4.42. The summed E-state index contributed by atoms with van der Waals surface area (Å²) < 4.78 is 9.86. The van der Waals surface area contributed by atoms with Gasteiger partial charge in [0.15, 0.2) is 5.82 Å². The molecule has 9 heteroatoms. The zero-order valence-corrected chi connectivity index (χ0v) is 16.4. The highest BCUT2D eigenvalue weighted by Gasteiger charge is 2.35. The zero-order valence-electron chi connectivity index (χ0n) is 16.4. The van der Waals surface area contributed by atoms with E-state index in [9.17, 15) is 4.79 Å².